The van der Waals surface area contributed by atoms with E-state index in [4.69, 9.17) is 9.47 Å². The lowest BCUT2D eigenvalue weighted by atomic mass is 10.2. The molecule has 0 saturated heterocycles. The van der Waals surface area contributed by atoms with E-state index < -0.39 is 17.7 Å². The summed E-state index contributed by atoms with van der Waals surface area (Å²) >= 11 is 0. The second-order valence-electron chi connectivity index (χ2n) is 8.10. The monoisotopic (exact) mass is 429 g/mol. The lowest BCUT2D eigenvalue weighted by molar-refractivity contribution is -0.145. The molecule has 2 aromatic heterocycles. The summed E-state index contributed by atoms with van der Waals surface area (Å²) in [5.74, 6) is 0.959. The maximum absolute atomic E-state index is 12.2. The third-order valence-electron chi connectivity index (χ3n) is 4.22. The SMILES string of the molecule is CNc1ncccc1CN(C)c1ncccc1COC(=O)CN(C)C(=O)OC(C)(C)C. The zero-order chi connectivity index (χ0) is 23.0. The zero-order valence-electron chi connectivity index (χ0n) is 19.0. The van der Waals surface area contributed by atoms with E-state index in [1.54, 1.807) is 39.2 Å². The summed E-state index contributed by atoms with van der Waals surface area (Å²) in [6, 6.07) is 7.51. The van der Waals surface area contributed by atoms with Crippen molar-refractivity contribution in [3.05, 3.63) is 47.8 Å². The predicted octanol–water partition coefficient (Wildman–Crippen LogP) is 3.06. The van der Waals surface area contributed by atoms with Crippen LogP contribution in [-0.4, -0.2) is 60.2 Å². The Kier molecular flexibility index (Phi) is 8.18. The number of carbonyl (C=O) groups excluding carboxylic acids is 2. The van der Waals surface area contributed by atoms with Crippen molar-refractivity contribution in [3.63, 3.8) is 0 Å². The number of esters is 1. The van der Waals surface area contributed by atoms with Crippen molar-refractivity contribution >= 4 is 23.7 Å². The van der Waals surface area contributed by atoms with Crippen molar-refractivity contribution in [1.29, 1.82) is 0 Å². The highest BCUT2D eigenvalue weighted by atomic mass is 16.6. The molecule has 2 rings (SSSR count). The Hall–Kier alpha value is -3.36. The van der Waals surface area contributed by atoms with Gasteiger partial charge in [0.05, 0.1) is 0 Å². The number of likely N-dealkylation sites (N-methyl/N-ethyl adjacent to an activating group) is 1. The third-order valence-corrected chi connectivity index (χ3v) is 4.22. The standard InChI is InChI=1S/C22H31N5O4/c1-22(2,3)31-21(29)27(6)14-18(28)30-15-17-10-8-12-25-20(17)26(5)13-16-9-7-11-24-19(16)23-4/h7-12H,13-15H2,1-6H3,(H,23,24). The minimum atomic E-state index is -0.633. The number of anilines is 2. The molecule has 0 saturated carbocycles. The summed E-state index contributed by atoms with van der Waals surface area (Å²) in [5.41, 5.74) is 1.14. The molecule has 9 nitrogen and oxygen atoms in total. The van der Waals surface area contributed by atoms with Gasteiger partial charge in [0, 0.05) is 51.2 Å². The van der Waals surface area contributed by atoms with E-state index in [1.165, 1.54) is 11.9 Å². The maximum Gasteiger partial charge on any atom is 0.410 e. The first-order chi connectivity index (χ1) is 14.6. The molecule has 168 valence electrons. The Morgan fingerprint density at radius 1 is 1.06 bits per heavy atom. The molecule has 1 amide bonds. The van der Waals surface area contributed by atoms with Gasteiger partial charge in [-0.3, -0.25) is 4.79 Å². The third kappa shape index (κ3) is 7.44. The predicted molar refractivity (Wildman–Crippen MR) is 119 cm³/mol. The summed E-state index contributed by atoms with van der Waals surface area (Å²) in [5, 5.41) is 3.08. The van der Waals surface area contributed by atoms with E-state index in [1.807, 2.05) is 37.2 Å². The fourth-order valence-corrected chi connectivity index (χ4v) is 2.81. The van der Waals surface area contributed by atoms with Crippen LogP contribution in [0, 0.1) is 0 Å². The van der Waals surface area contributed by atoms with Crippen molar-refractivity contribution in [2.24, 2.45) is 0 Å². The Morgan fingerprint density at radius 3 is 2.35 bits per heavy atom. The summed E-state index contributed by atoms with van der Waals surface area (Å²) < 4.78 is 10.6. The van der Waals surface area contributed by atoms with Crippen LogP contribution in [-0.2, 0) is 27.4 Å². The second kappa shape index (κ2) is 10.6. The number of aromatic nitrogens is 2. The molecule has 9 heteroatoms. The van der Waals surface area contributed by atoms with Crippen LogP contribution < -0.4 is 10.2 Å². The van der Waals surface area contributed by atoms with E-state index in [0.29, 0.717) is 12.4 Å². The summed E-state index contributed by atoms with van der Waals surface area (Å²) in [7, 11) is 5.23. The van der Waals surface area contributed by atoms with Crippen LogP contribution in [0.5, 0.6) is 0 Å². The van der Waals surface area contributed by atoms with E-state index in [-0.39, 0.29) is 13.2 Å². The van der Waals surface area contributed by atoms with E-state index >= 15 is 0 Å². The molecule has 0 radical (unpaired) electrons. The van der Waals surface area contributed by atoms with Gasteiger partial charge < -0.3 is 24.6 Å². The number of rotatable bonds is 8. The molecule has 0 atom stereocenters. The molecule has 0 unspecified atom stereocenters. The van der Waals surface area contributed by atoms with Crippen LogP contribution in [0.25, 0.3) is 0 Å². The van der Waals surface area contributed by atoms with Gasteiger partial charge in [0.2, 0.25) is 0 Å². The molecule has 1 N–H and O–H groups in total. The lowest BCUT2D eigenvalue weighted by Gasteiger charge is -2.24. The number of carbonyl (C=O) groups is 2. The van der Waals surface area contributed by atoms with Crippen LogP contribution in [0.1, 0.15) is 31.9 Å². The highest BCUT2D eigenvalue weighted by molar-refractivity contribution is 5.78. The molecule has 0 aliphatic heterocycles. The van der Waals surface area contributed by atoms with Crippen LogP contribution in [0.15, 0.2) is 36.7 Å². The number of hydrogen-bond donors (Lipinski definition) is 1. The topological polar surface area (TPSA) is 96.9 Å². The highest BCUT2D eigenvalue weighted by Crippen LogP contribution is 2.21. The van der Waals surface area contributed by atoms with Crippen molar-refractivity contribution in [3.8, 4) is 0 Å². The molecule has 0 aliphatic carbocycles. The van der Waals surface area contributed by atoms with Gasteiger partial charge in [-0.25, -0.2) is 14.8 Å². The van der Waals surface area contributed by atoms with Crippen molar-refractivity contribution < 1.29 is 19.1 Å². The Morgan fingerprint density at radius 2 is 1.71 bits per heavy atom. The smallest absolute Gasteiger partial charge is 0.410 e. The molecule has 2 heterocycles. The van der Waals surface area contributed by atoms with E-state index in [2.05, 4.69) is 15.3 Å². The van der Waals surface area contributed by atoms with Gasteiger partial charge in [-0.2, -0.15) is 0 Å². The normalized spacial score (nSPS) is 10.9. The molecule has 0 aliphatic rings. The fraction of sp³-hybridized carbons (Fsp3) is 0.455. The summed E-state index contributed by atoms with van der Waals surface area (Å²) in [6.45, 7) is 5.71. The number of nitrogens with zero attached hydrogens (tertiary/aromatic N) is 4. The first-order valence-corrected chi connectivity index (χ1v) is 9.97. The van der Waals surface area contributed by atoms with Crippen LogP contribution >= 0.6 is 0 Å². The molecular formula is C22H31N5O4. The van der Waals surface area contributed by atoms with Crippen molar-refractivity contribution in [2.45, 2.75) is 39.5 Å². The summed E-state index contributed by atoms with van der Waals surface area (Å²) in [6.07, 6.45) is 2.84. The van der Waals surface area contributed by atoms with Crippen LogP contribution in [0.3, 0.4) is 0 Å². The maximum atomic E-state index is 12.2. The number of hydrogen-bond acceptors (Lipinski definition) is 8. The highest BCUT2D eigenvalue weighted by Gasteiger charge is 2.22. The van der Waals surface area contributed by atoms with Gasteiger partial charge >= 0.3 is 12.1 Å². The molecule has 0 aromatic carbocycles. The van der Waals surface area contributed by atoms with E-state index in [0.717, 1.165) is 16.9 Å². The molecule has 0 spiro atoms. The second-order valence-corrected chi connectivity index (χ2v) is 8.10. The number of ether oxygens (including phenoxy) is 2. The Bertz CT molecular complexity index is 897. The number of pyridine rings is 2. The number of nitrogens with one attached hydrogen (secondary N) is 1. The zero-order valence-corrected chi connectivity index (χ0v) is 19.0. The van der Waals surface area contributed by atoms with Gasteiger partial charge in [-0.15, -0.1) is 0 Å². The Labute approximate surface area is 183 Å². The molecule has 0 bridgehead atoms. The average Bonchev–Trinajstić information content (AvgIpc) is 2.71. The van der Waals surface area contributed by atoms with Crippen LogP contribution in [0.4, 0.5) is 16.4 Å². The molecular weight excluding hydrogens is 398 g/mol. The van der Waals surface area contributed by atoms with Crippen molar-refractivity contribution in [2.75, 3.05) is 37.9 Å². The quantitative estimate of drug-likeness (QED) is 0.640. The minimum absolute atomic E-state index is 0.0421. The van der Waals surface area contributed by atoms with Crippen molar-refractivity contribution in [1.82, 2.24) is 14.9 Å². The summed E-state index contributed by atoms with van der Waals surface area (Å²) in [4.78, 5) is 36.2. The van der Waals surface area contributed by atoms with Gasteiger partial charge in [-0.1, -0.05) is 12.1 Å². The lowest BCUT2D eigenvalue weighted by Crippen LogP contribution is -2.37. The molecule has 0 fully saturated rings. The van der Waals surface area contributed by atoms with Gasteiger partial charge in [0.15, 0.2) is 0 Å². The van der Waals surface area contributed by atoms with E-state index in [9.17, 15) is 9.59 Å². The molecule has 2 aromatic rings. The largest absolute Gasteiger partial charge is 0.459 e. The fourth-order valence-electron chi connectivity index (χ4n) is 2.81. The Balaban J connectivity index is 1.99. The first kappa shape index (κ1) is 23.9. The minimum Gasteiger partial charge on any atom is -0.459 e. The van der Waals surface area contributed by atoms with Gasteiger partial charge in [0.25, 0.3) is 0 Å². The average molecular weight is 430 g/mol. The first-order valence-electron chi connectivity index (χ1n) is 9.97. The number of amides is 1. The van der Waals surface area contributed by atoms with Gasteiger partial charge in [0.1, 0.15) is 30.4 Å². The molecule has 31 heavy (non-hydrogen) atoms. The van der Waals surface area contributed by atoms with Crippen LogP contribution in [0.2, 0.25) is 0 Å². The van der Waals surface area contributed by atoms with Gasteiger partial charge in [-0.05, 0) is 32.9 Å².